The number of alkyl halides is 1. The Bertz CT molecular complexity index is 4500. The van der Waals surface area contributed by atoms with Gasteiger partial charge in [-0.3, -0.25) is 0 Å². The second kappa shape index (κ2) is 36.0. The molecule has 0 fully saturated rings. The van der Waals surface area contributed by atoms with Crippen molar-refractivity contribution >= 4 is 15.9 Å². The minimum atomic E-state index is -0.191. The van der Waals surface area contributed by atoms with E-state index in [1.807, 2.05) is 12.1 Å². The van der Waals surface area contributed by atoms with Crippen molar-refractivity contribution in [2.75, 3.05) is 25.2 Å². The van der Waals surface area contributed by atoms with Gasteiger partial charge in [0.2, 0.25) is 0 Å². The van der Waals surface area contributed by atoms with Gasteiger partial charge in [0.15, 0.2) is 0 Å². The molecule has 0 aliphatic heterocycles. The molecule has 8 aromatic carbocycles. The van der Waals surface area contributed by atoms with E-state index in [1.54, 1.807) is 6.07 Å². The van der Waals surface area contributed by atoms with Gasteiger partial charge in [-0.05, 0) is 194 Å². The molecule has 8 aromatic rings. The third-order valence-electron chi connectivity index (χ3n) is 21.9. The van der Waals surface area contributed by atoms with Crippen molar-refractivity contribution in [3.05, 3.63) is 232 Å². The molecule has 2 aliphatic carbocycles. The maximum atomic E-state index is 12.4. The molecule has 0 aromatic heterocycles. The van der Waals surface area contributed by atoms with Gasteiger partial charge in [0, 0.05) is 65.1 Å². The summed E-state index contributed by atoms with van der Waals surface area (Å²) in [6.07, 6.45) is 7.39. The fourth-order valence-electron chi connectivity index (χ4n) is 14.7. The largest absolute Gasteiger partial charge is 0.508 e. The van der Waals surface area contributed by atoms with Gasteiger partial charge in [0.25, 0.3) is 0 Å². The second-order valence-corrected chi connectivity index (χ2v) is 40.5. The number of fused-ring (bicyclic) bond motifs is 4. The monoisotopic (exact) mass is 1580 g/mol. The highest BCUT2D eigenvalue weighted by Crippen LogP contribution is 2.53. The lowest BCUT2D eigenvalue weighted by molar-refractivity contribution is 0.309. The van der Waals surface area contributed by atoms with E-state index in [0.717, 1.165) is 126 Å². The molecule has 2 unspecified atom stereocenters. The molecule has 0 amide bonds. The van der Waals surface area contributed by atoms with Crippen LogP contribution in [0.4, 0.5) is 0 Å². The summed E-state index contributed by atoms with van der Waals surface area (Å²) < 4.78 is 19.7. The van der Waals surface area contributed by atoms with Crippen molar-refractivity contribution in [1.82, 2.24) is 0 Å². The first kappa shape index (κ1) is 92.5. The Hall–Kier alpha value is -7.36. The number of aromatic hydroxyl groups is 5. The lowest BCUT2D eigenvalue weighted by Crippen LogP contribution is -2.16. The molecule has 0 spiro atoms. The minimum Gasteiger partial charge on any atom is -0.508 e. The molecule has 608 valence electrons. The van der Waals surface area contributed by atoms with Crippen LogP contribution in [0.5, 0.6) is 46.0 Å². The van der Waals surface area contributed by atoms with Gasteiger partial charge in [-0.2, -0.15) is 0 Å². The summed E-state index contributed by atoms with van der Waals surface area (Å²) in [6.45, 7) is 63.9. The summed E-state index contributed by atoms with van der Waals surface area (Å²) in [5.74, 6) is 4.13. The fourth-order valence-corrected chi connectivity index (χ4v) is 14.7. The van der Waals surface area contributed by atoms with Crippen LogP contribution in [0.1, 0.15) is 369 Å². The van der Waals surface area contributed by atoms with Crippen LogP contribution < -0.4 is 14.2 Å². The Kier molecular flexibility index (Phi) is 30.0. The van der Waals surface area contributed by atoms with Crippen molar-refractivity contribution in [2.45, 2.75) is 328 Å². The van der Waals surface area contributed by atoms with Gasteiger partial charge in [0.1, 0.15) is 46.0 Å². The molecule has 0 saturated heterocycles. The third-order valence-corrected chi connectivity index (χ3v) is 22.6. The number of benzene rings is 8. The van der Waals surface area contributed by atoms with Crippen LogP contribution in [0.25, 0.3) is 0 Å². The summed E-state index contributed by atoms with van der Waals surface area (Å²) in [6, 6.07) is 38.8. The molecule has 9 heteroatoms. The van der Waals surface area contributed by atoms with Gasteiger partial charge < -0.3 is 39.7 Å². The van der Waals surface area contributed by atoms with E-state index in [-0.39, 0.29) is 87.3 Å². The van der Waals surface area contributed by atoms with Gasteiger partial charge >= 0.3 is 0 Å². The number of ether oxygens (including phenoxy) is 3. The minimum absolute atomic E-state index is 0. The Labute approximate surface area is 682 Å². The van der Waals surface area contributed by atoms with E-state index in [0.29, 0.717) is 63.4 Å². The third kappa shape index (κ3) is 22.4. The fraction of sp³-hybridized carbons (Fsp3) is 0.529. The average Bonchev–Trinajstić information content (AvgIpc) is 1.63. The van der Waals surface area contributed by atoms with Crippen molar-refractivity contribution in [3.63, 3.8) is 0 Å². The van der Waals surface area contributed by atoms with E-state index in [9.17, 15) is 25.5 Å². The van der Waals surface area contributed by atoms with Crippen LogP contribution in [0.2, 0.25) is 0 Å². The van der Waals surface area contributed by atoms with Crippen LogP contribution in [0.3, 0.4) is 0 Å². The van der Waals surface area contributed by atoms with Crippen molar-refractivity contribution < 1.29 is 39.7 Å². The van der Waals surface area contributed by atoms with E-state index >= 15 is 0 Å². The van der Waals surface area contributed by atoms with Gasteiger partial charge in [-0.1, -0.05) is 322 Å². The number of phenols is 5. The first-order valence-corrected chi connectivity index (χ1v) is 41.7. The standard InChI is InChI=1S/C53H74O4.C44H56O4.C3H7Br.2CH4/c1-16-21-55-46-20-19-39(50(4,5)6)26-34(46)24-35-27-40(51(7,8)9)28-36(47(35)54)25-37-29-41(52(10,11)12)32-44(48(37)56-22-17-2)43-31-38-30-42(53(13,14)15)33-45(43)49(38)57-23-18-3;1-41(2,3)30-13-14-37(45)25(17-30)15-26-18-31(42(4,5)6)19-27(38(26)46)16-28-20-32(43(7,8)9)23-35(39(28)47)34-22-29-21-33(44(10,11)12)24-36(34)40(29)48;1-2-3-4;;/h19-20,26-30,32-33,43,54H,16-18,21-25,31H2,1-15H3;13-14,17-21,23-24,34,45-48H,15-16,22H2,1-12H3;2-3H2,1H3;2*1H4. The van der Waals surface area contributed by atoms with Crippen LogP contribution in [0.15, 0.2) is 109 Å². The highest BCUT2D eigenvalue weighted by Gasteiger charge is 2.38. The predicted octanol–water partition coefficient (Wildman–Crippen LogP) is 27.5. The molecule has 2 atom stereocenters. The first-order chi connectivity index (χ1) is 50.4. The van der Waals surface area contributed by atoms with Crippen molar-refractivity contribution in [1.29, 1.82) is 0 Å². The summed E-state index contributed by atoms with van der Waals surface area (Å²) in [5.41, 5.74) is 22.2. The zero-order valence-corrected chi connectivity index (χ0v) is 73.9. The van der Waals surface area contributed by atoms with E-state index in [4.69, 9.17) is 14.2 Å². The molecule has 2 aliphatic rings. The quantitative estimate of drug-likeness (QED) is 0.0477. The highest BCUT2D eigenvalue weighted by molar-refractivity contribution is 9.09. The lowest BCUT2D eigenvalue weighted by Gasteiger charge is -2.28. The zero-order chi connectivity index (χ0) is 81.2. The Morgan fingerprint density at radius 2 is 0.586 bits per heavy atom. The molecule has 5 N–H and O–H groups in total. The van der Waals surface area contributed by atoms with Crippen molar-refractivity contribution in [2.24, 2.45) is 0 Å². The predicted molar refractivity (Wildman–Crippen MR) is 477 cm³/mol. The van der Waals surface area contributed by atoms with Gasteiger partial charge in [-0.25, -0.2) is 0 Å². The van der Waals surface area contributed by atoms with E-state index in [2.05, 4.69) is 301 Å². The molecule has 111 heavy (non-hydrogen) atoms. The molecule has 0 heterocycles. The summed E-state index contributed by atoms with van der Waals surface area (Å²) in [7, 11) is 0. The molecule has 10 rings (SSSR count). The molecular weight excluding hydrogens is 1430 g/mol. The summed E-state index contributed by atoms with van der Waals surface area (Å²) >= 11 is 3.25. The van der Waals surface area contributed by atoms with E-state index in [1.165, 1.54) is 50.9 Å². The van der Waals surface area contributed by atoms with Gasteiger partial charge in [0.05, 0.1) is 19.8 Å². The number of hydrogen-bond acceptors (Lipinski definition) is 8. The molecule has 0 radical (unpaired) electrons. The highest BCUT2D eigenvalue weighted by atomic mass is 79.9. The maximum absolute atomic E-state index is 12.4. The van der Waals surface area contributed by atoms with Crippen LogP contribution in [-0.4, -0.2) is 50.7 Å². The second-order valence-electron chi connectivity index (χ2n) is 39.7. The maximum Gasteiger partial charge on any atom is 0.126 e. The number of phenolic OH excluding ortho intramolecular Hbond substituents is 5. The number of rotatable bonds is 20. The molecule has 4 bridgehead atoms. The topological polar surface area (TPSA) is 129 Å². The Morgan fingerprint density at radius 3 is 1.01 bits per heavy atom. The smallest absolute Gasteiger partial charge is 0.126 e. The van der Waals surface area contributed by atoms with Crippen LogP contribution in [0, 0.1) is 0 Å². The number of halogens is 1. The summed E-state index contributed by atoms with van der Waals surface area (Å²) in [4.78, 5) is 0. The normalized spacial score (nSPS) is 14.4. The number of hydrogen-bond donors (Lipinski definition) is 5. The van der Waals surface area contributed by atoms with Crippen molar-refractivity contribution in [3.8, 4) is 46.0 Å². The summed E-state index contributed by atoms with van der Waals surface area (Å²) in [5, 5.41) is 59.5. The molecular formula is C102H145BrO8. The van der Waals surface area contributed by atoms with Gasteiger partial charge in [-0.15, -0.1) is 0 Å². The van der Waals surface area contributed by atoms with Crippen LogP contribution >= 0.6 is 15.9 Å². The average molecular weight is 1580 g/mol. The molecule has 8 nitrogen and oxygen atoms in total. The Balaban J connectivity index is 0.000000329. The van der Waals surface area contributed by atoms with E-state index < -0.39 is 0 Å². The Morgan fingerprint density at radius 1 is 0.297 bits per heavy atom. The zero-order valence-electron chi connectivity index (χ0n) is 72.3. The SMILES string of the molecule is C.C.CC(C)(C)c1ccc(O)c(Cc2cc(C(C)(C)C)cc(Cc3cc(C(C)(C)C)cc(C4Cc5cc(C(C)(C)C)cc4c5O)c3O)c2O)c1.CCCBr.CCCOc1ccc(C(C)(C)C)cc1Cc1cc(C(C)(C)C)cc(Cc2cc(C(C)(C)C)cc(C3Cc4cc(C(C)(C)C)cc3c4OCCC)c2OCCC)c1O. The first-order valence-electron chi connectivity index (χ1n) is 40.6. The lowest BCUT2D eigenvalue weighted by atomic mass is 9.79. The molecule has 0 saturated carbocycles. The van der Waals surface area contributed by atoms with Crippen LogP contribution in [-0.2, 0) is 81.8 Å².